The molecular weight excluding hydrogens is 304 g/mol. The first-order chi connectivity index (χ1) is 10.5. The molecule has 0 saturated heterocycles. The summed E-state index contributed by atoms with van der Waals surface area (Å²) in [6.07, 6.45) is 2.66. The minimum absolute atomic E-state index is 0.0505. The molecular formula is C16H13ClN2O3. The molecule has 0 spiro atoms. The standard InChI is InChI=1S/C16H13ClN2O3/c1-11-13(17)6-4-7-14(11)18-16(20)10-9-12-5-2-3-8-15(12)19(21)22/h2-10H,1H3,(H,18,20). The van der Waals surface area contributed by atoms with Crippen LogP contribution in [0.15, 0.2) is 48.5 Å². The molecule has 0 unspecified atom stereocenters. The quantitative estimate of drug-likeness (QED) is 0.521. The molecule has 0 radical (unpaired) electrons. The van der Waals surface area contributed by atoms with Crippen molar-refractivity contribution >= 4 is 35.0 Å². The van der Waals surface area contributed by atoms with Crippen LogP contribution in [0.3, 0.4) is 0 Å². The lowest BCUT2D eigenvalue weighted by Crippen LogP contribution is -2.09. The number of nitrogens with one attached hydrogen (secondary N) is 1. The Morgan fingerprint density at radius 1 is 1.23 bits per heavy atom. The molecule has 0 aliphatic carbocycles. The van der Waals surface area contributed by atoms with Crippen molar-refractivity contribution in [2.75, 3.05) is 5.32 Å². The molecule has 2 aromatic rings. The van der Waals surface area contributed by atoms with E-state index in [2.05, 4.69) is 5.32 Å². The third-order valence-electron chi connectivity index (χ3n) is 3.07. The van der Waals surface area contributed by atoms with Gasteiger partial charge >= 0.3 is 0 Å². The summed E-state index contributed by atoms with van der Waals surface area (Å²) in [4.78, 5) is 22.3. The number of benzene rings is 2. The van der Waals surface area contributed by atoms with Crippen LogP contribution in [0.4, 0.5) is 11.4 Å². The van der Waals surface area contributed by atoms with Crippen LogP contribution >= 0.6 is 11.6 Å². The molecule has 0 atom stereocenters. The molecule has 0 aliphatic heterocycles. The van der Waals surface area contributed by atoms with Gasteiger partial charge in [0.1, 0.15) is 0 Å². The van der Waals surface area contributed by atoms with Crippen LogP contribution in [-0.4, -0.2) is 10.8 Å². The van der Waals surface area contributed by atoms with Crippen molar-refractivity contribution in [2.24, 2.45) is 0 Å². The number of nitrogens with zero attached hydrogens (tertiary/aromatic N) is 1. The van der Waals surface area contributed by atoms with Crippen LogP contribution < -0.4 is 5.32 Å². The summed E-state index contributed by atoms with van der Waals surface area (Å²) in [7, 11) is 0. The number of carbonyl (C=O) groups excluding carboxylic acids is 1. The second kappa shape index (κ2) is 6.87. The van der Waals surface area contributed by atoms with Crippen molar-refractivity contribution in [1.29, 1.82) is 0 Å². The number of anilines is 1. The number of rotatable bonds is 4. The highest BCUT2D eigenvalue weighted by Crippen LogP contribution is 2.23. The fourth-order valence-electron chi connectivity index (χ4n) is 1.88. The van der Waals surface area contributed by atoms with E-state index in [0.29, 0.717) is 16.3 Å². The first-order valence-corrected chi connectivity index (χ1v) is 6.84. The molecule has 0 aromatic heterocycles. The van der Waals surface area contributed by atoms with E-state index in [-0.39, 0.29) is 11.6 Å². The van der Waals surface area contributed by atoms with Crippen LogP contribution in [0.2, 0.25) is 5.02 Å². The highest BCUT2D eigenvalue weighted by molar-refractivity contribution is 6.31. The Balaban J connectivity index is 2.16. The monoisotopic (exact) mass is 316 g/mol. The zero-order valence-electron chi connectivity index (χ0n) is 11.7. The lowest BCUT2D eigenvalue weighted by Gasteiger charge is -2.07. The number of amides is 1. The number of nitro benzene ring substituents is 1. The minimum Gasteiger partial charge on any atom is -0.322 e. The largest absolute Gasteiger partial charge is 0.322 e. The zero-order valence-corrected chi connectivity index (χ0v) is 12.5. The van der Waals surface area contributed by atoms with Crippen LogP contribution in [0, 0.1) is 17.0 Å². The van der Waals surface area contributed by atoms with Gasteiger partial charge in [-0.25, -0.2) is 0 Å². The fourth-order valence-corrected chi connectivity index (χ4v) is 2.05. The highest BCUT2D eigenvalue weighted by Gasteiger charge is 2.10. The fraction of sp³-hybridized carbons (Fsp3) is 0.0625. The topological polar surface area (TPSA) is 72.2 Å². The van der Waals surface area contributed by atoms with Crippen LogP contribution in [-0.2, 0) is 4.79 Å². The molecule has 0 bridgehead atoms. The van der Waals surface area contributed by atoms with Gasteiger partial charge in [0.05, 0.1) is 10.5 Å². The van der Waals surface area contributed by atoms with Gasteiger partial charge in [-0.2, -0.15) is 0 Å². The van der Waals surface area contributed by atoms with E-state index in [1.54, 1.807) is 43.3 Å². The van der Waals surface area contributed by atoms with Crippen molar-refractivity contribution in [3.05, 3.63) is 74.8 Å². The second-order valence-electron chi connectivity index (χ2n) is 4.55. The normalized spacial score (nSPS) is 10.6. The number of carbonyl (C=O) groups is 1. The molecule has 0 saturated carbocycles. The van der Waals surface area contributed by atoms with E-state index in [0.717, 1.165) is 5.56 Å². The number of hydrogen-bond donors (Lipinski definition) is 1. The predicted octanol–water partition coefficient (Wildman–Crippen LogP) is 4.21. The average Bonchev–Trinajstić information content (AvgIpc) is 2.50. The molecule has 5 nitrogen and oxygen atoms in total. The van der Waals surface area contributed by atoms with E-state index in [1.165, 1.54) is 18.2 Å². The Hall–Kier alpha value is -2.66. The number of para-hydroxylation sites is 1. The van der Waals surface area contributed by atoms with Gasteiger partial charge in [-0.15, -0.1) is 0 Å². The van der Waals surface area contributed by atoms with Gasteiger partial charge < -0.3 is 5.32 Å². The molecule has 112 valence electrons. The van der Waals surface area contributed by atoms with Crippen molar-refractivity contribution < 1.29 is 9.72 Å². The summed E-state index contributed by atoms with van der Waals surface area (Å²) in [6, 6.07) is 11.4. The Kier molecular flexibility index (Phi) is 4.91. The Labute approximate surface area is 132 Å². The summed E-state index contributed by atoms with van der Waals surface area (Å²) in [5, 5.41) is 14.1. The summed E-state index contributed by atoms with van der Waals surface area (Å²) in [5.41, 5.74) is 1.68. The molecule has 2 rings (SSSR count). The number of halogens is 1. The second-order valence-corrected chi connectivity index (χ2v) is 4.96. The first-order valence-electron chi connectivity index (χ1n) is 6.46. The van der Waals surface area contributed by atoms with Gasteiger partial charge in [0.2, 0.25) is 5.91 Å². The summed E-state index contributed by atoms with van der Waals surface area (Å²) in [6.45, 7) is 1.80. The van der Waals surface area contributed by atoms with E-state index < -0.39 is 4.92 Å². The Bertz CT molecular complexity index is 757. The van der Waals surface area contributed by atoms with Gasteiger partial charge in [-0.1, -0.05) is 29.8 Å². The average molecular weight is 317 g/mol. The summed E-state index contributed by atoms with van der Waals surface area (Å²) >= 11 is 5.98. The number of nitro groups is 1. The maximum absolute atomic E-state index is 11.9. The van der Waals surface area contributed by atoms with Crippen LogP contribution in [0.5, 0.6) is 0 Å². The van der Waals surface area contributed by atoms with E-state index >= 15 is 0 Å². The van der Waals surface area contributed by atoms with Crippen molar-refractivity contribution in [3.8, 4) is 0 Å². The van der Waals surface area contributed by atoms with Gasteiger partial charge in [0.25, 0.3) is 5.69 Å². The smallest absolute Gasteiger partial charge is 0.276 e. The lowest BCUT2D eigenvalue weighted by atomic mass is 10.1. The SMILES string of the molecule is Cc1c(Cl)cccc1NC(=O)C=Cc1ccccc1[N+](=O)[O-]. The maximum Gasteiger partial charge on any atom is 0.276 e. The van der Waals surface area contributed by atoms with Gasteiger partial charge in [0, 0.05) is 22.9 Å². The highest BCUT2D eigenvalue weighted by atomic mass is 35.5. The maximum atomic E-state index is 11.9. The zero-order chi connectivity index (χ0) is 16.1. The third-order valence-corrected chi connectivity index (χ3v) is 3.48. The van der Waals surface area contributed by atoms with Gasteiger partial charge in [0.15, 0.2) is 0 Å². The molecule has 0 aliphatic rings. The first kappa shape index (κ1) is 15.7. The van der Waals surface area contributed by atoms with Crippen molar-refractivity contribution in [3.63, 3.8) is 0 Å². The summed E-state index contributed by atoms with van der Waals surface area (Å²) in [5.74, 6) is -0.386. The molecule has 22 heavy (non-hydrogen) atoms. The Morgan fingerprint density at radius 2 is 1.95 bits per heavy atom. The third kappa shape index (κ3) is 3.71. The van der Waals surface area contributed by atoms with Crippen molar-refractivity contribution in [2.45, 2.75) is 6.92 Å². The lowest BCUT2D eigenvalue weighted by molar-refractivity contribution is -0.385. The van der Waals surface area contributed by atoms with Crippen LogP contribution in [0.25, 0.3) is 6.08 Å². The predicted molar refractivity (Wildman–Crippen MR) is 86.9 cm³/mol. The minimum atomic E-state index is -0.487. The van der Waals surface area contributed by atoms with E-state index in [1.807, 2.05) is 0 Å². The van der Waals surface area contributed by atoms with Crippen molar-refractivity contribution in [1.82, 2.24) is 0 Å². The molecule has 1 N–H and O–H groups in total. The molecule has 0 heterocycles. The Morgan fingerprint density at radius 3 is 2.68 bits per heavy atom. The summed E-state index contributed by atoms with van der Waals surface area (Å²) < 4.78 is 0. The number of hydrogen-bond acceptors (Lipinski definition) is 3. The van der Waals surface area contributed by atoms with E-state index in [4.69, 9.17) is 11.6 Å². The van der Waals surface area contributed by atoms with Gasteiger partial charge in [-0.05, 0) is 36.8 Å². The molecule has 6 heteroatoms. The molecule has 0 fully saturated rings. The van der Waals surface area contributed by atoms with Crippen LogP contribution in [0.1, 0.15) is 11.1 Å². The molecule has 1 amide bonds. The van der Waals surface area contributed by atoms with Gasteiger partial charge in [-0.3, -0.25) is 14.9 Å². The van der Waals surface area contributed by atoms with E-state index in [9.17, 15) is 14.9 Å². The molecule has 2 aromatic carbocycles.